The molecule has 7 aromatic rings. The van der Waals surface area contributed by atoms with Gasteiger partial charge < -0.3 is 14.4 Å². The minimum Gasteiger partial charge on any atom is -0.496 e. The molecule has 0 N–H and O–H groups in total. The highest BCUT2D eigenvalue weighted by Crippen LogP contribution is 2.39. The first-order valence-electron chi connectivity index (χ1n) is 19.6. The predicted molar refractivity (Wildman–Crippen MR) is 239 cm³/mol. The van der Waals surface area contributed by atoms with Gasteiger partial charge in [-0.2, -0.15) is 0 Å². The van der Waals surface area contributed by atoms with E-state index in [1.165, 1.54) is 21.5 Å². The zero-order chi connectivity index (χ0) is 40.1. The fourth-order valence-electron chi connectivity index (χ4n) is 8.75. The van der Waals surface area contributed by atoms with E-state index in [2.05, 4.69) is 135 Å². The molecule has 0 amide bonds. The van der Waals surface area contributed by atoms with Crippen molar-refractivity contribution in [2.24, 2.45) is 27.9 Å². The molecule has 9 nitrogen and oxygen atoms in total. The van der Waals surface area contributed by atoms with E-state index >= 15 is 0 Å². The van der Waals surface area contributed by atoms with Crippen LogP contribution in [0.4, 0.5) is 17.1 Å². The third-order valence-corrected chi connectivity index (χ3v) is 15.6. The van der Waals surface area contributed by atoms with Crippen molar-refractivity contribution in [1.29, 1.82) is 0 Å². The van der Waals surface area contributed by atoms with Gasteiger partial charge in [-0.3, -0.25) is 27.9 Å². The molecule has 3 heterocycles. The molecular formula is C46H43N7O2Si3. The molecule has 0 aromatic heterocycles. The summed E-state index contributed by atoms with van der Waals surface area (Å²) in [5, 5.41) is 9.74. The molecule has 58 heavy (non-hydrogen) atoms. The van der Waals surface area contributed by atoms with Gasteiger partial charge in [0.15, 0.2) is 0 Å². The minimum atomic E-state index is -2.49. The zero-order valence-electron chi connectivity index (χ0n) is 33.9. The molecule has 3 aliphatic rings. The maximum atomic E-state index is 6.30. The van der Waals surface area contributed by atoms with Gasteiger partial charge in [0.2, 0.25) is 0 Å². The molecule has 0 fully saturated rings. The lowest BCUT2D eigenvalue weighted by Gasteiger charge is -2.27. The molecule has 0 saturated heterocycles. The second-order valence-electron chi connectivity index (χ2n) is 16.5. The van der Waals surface area contributed by atoms with Crippen LogP contribution >= 0.6 is 0 Å². The predicted octanol–water partition coefficient (Wildman–Crippen LogP) is 7.68. The molecule has 3 aliphatic heterocycles. The van der Waals surface area contributed by atoms with Crippen molar-refractivity contribution < 1.29 is 9.47 Å². The molecule has 0 spiro atoms. The quantitative estimate of drug-likeness (QED) is 0.122. The molecule has 0 unspecified atom stereocenters. The Morgan fingerprint density at radius 3 is 1.50 bits per heavy atom. The van der Waals surface area contributed by atoms with Gasteiger partial charge in [-0.25, -0.2) is 0 Å². The topological polar surface area (TPSA) is 95.9 Å². The number of nitrogens with zero attached hydrogens (tertiary/aromatic N) is 7. The van der Waals surface area contributed by atoms with E-state index in [1.54, 1.807) is 14.2 Å². The third kappa shape index (κ3) is 5.77. The Kier molecular flexibility index (Phi) is 8.11. The number of methoxy groups -OCH3 is 2. The lowest BCUT2D eigenvalue weighted by Crippen LogP contribution is -2.39. The molecule has 12 heteroatoms. The summed E-state index contributed by atoms with van der Waals surface area (Å²) in [5.41, 5.74) is 6.79. The summed E-state index contributed by atoms with van der Waals surface area (Å²) in [4.78, 5) is 2.27. The van der Waals surface area contributed by atoms with E-state index in [9.17, 15) is 0 Å². The smallest absolute Gasteiger partial charge is 0.298 e. The van der Waals surface area contributed by atoms with Gasteiger partial charge in [0.25, 0.3) is 25.2 Å². The second-order valence-corrected chi connectivity index (χ2v) is 26.8. The van der Waals surface area contributed by atoms with Gasteiger partial charge in [-0.05, 0) is 102 Å². The number of fused-ring (bicyclic) bond motifs is 5. The highest BCUT2D eigenvalue weighted by molar-refractivity contribution is 6.75. The summed E-state index contributed by atoms with van der Waals surface area (Å²) in [6.45, 7) is 13.1. The number of ether oxygens (including phenoxy) is 2. The Morgan fingerprint density at radius 1 is 0.414 bits per heavy atom. The van der Waals surface area contributed by atoms with Crippen molar-refractivity contribution in [3.63, 3.8) is 0 Å². The number of hydrogen-bond donors (Lipinski definition) is 0. The molecule has 0 saturated carbocycles. The first-order chi connectivity index (χ1) is 27.9. The molecule has 7 aromatic carbocycles. The van der Waals surface area contributed by atoms with Crippen LogP contribution in [0.5, 0.6) is 11.5 Å². The normalized spacial score (nSPS) is 16.1. The number of benzene rings is 7. The Balaban J connectivity index is 1.35. The van der Waals surface area contributed by atoms with Crippen LogP contribution in [0.15, 0.2) is 143 Å². The van der Waals surface area contributed by atoms with Crippen molar-refractivity contribution in [1.82, 2.24) is 0 Å². The lowest BCUT2D eigenvalue weighted by molar-refractivity contribution is 0.409. The summed E-state index contributed by atoms with van der Waals surface area (Å²) >= 11 is 0. The third-order valence-electron chi connectivity index (χ3n) is 11.0. The maximum Gasteiger partial charge on any atom is 0.298 e. The van der Waals surface area contributed by atoms with Gasteiger partial charge >= 0.3 is 0 Å². The summed E-state index contributed by atoms with van der Waals surface area (Å²) in [7, 11) is -3.90. The van der Waals surface area contributed by atoms with Gasteiger partial charge in [0.1, 0.15) is 22.2 Å². The highest BCUT2D eigenvalue weighted by atomic mass is 28.4. The average Bonchev–Trinajstić information content (AvgIpc) is 3.84. The van der Waals surface area contributed by atoms with Crippen LogP contribution in [0.1, 0.15) is 0 Å². The van der Waals surface area contributed by atoms with Crippen molar-refractivity contribution in [2.45, 2.75) is 39.3 Å². The molecule has 0 bridgehead atoms. The molecule has 0 atom stereocenters. The van der Waals surface area contributed by atoms with E-state index in [4.69, 9.17) is 37.4 Å². The Hall–Kier alpha value is -6.09. The zero-order valence-corrected chi connectivity index (χ0v) is 36.9. The van der Waals surface area contributed by atoms with Crippen LogP contribution in [-0.4, -0.2) is 39.4 Å². The standard InChI is InChI=1S/C46H43N7O2Si3/c1-54-37-25-24-35(43-45(37)51-57(5,6)49-43)53(36-27-38(55-2)39(28-16-10-9-11-17-28)46-44(36)50-58(7,8)52-46)34-23-22-33(41-42(34)48-56(3,4)47-41)40-31-20-14-12-18-29(31)26-30-19-13-15-21-32(30)40/h9-27H,1-8H3. The fourth-order valence-corrected chi connectivity index (χ4v) is 13.5. The maximum absolute atomic E-state index is 6.30. The summed E-state index contributed by atoms with van der Waals surface area (Å²) in [5.74, 6) is 1.41. The molecule has 10 rings (SSSR count). The largest absolute Gasteiger partial charge is 0.496 e. The number of anilines is 3. The monoisotopic (exact) mass is 809 g/mol. The van der Waals surface area contributed by atoms with Crippen molar-refractivity contribution in [3.8, 4) is 33.8 Å². The van der Waals surface area contributed by atoms with E-state index in [0.717, 1.165) is 71.5 Å². The summed E-state index contributed by atoms with van der Waals surface area (Å²) in [6, 6.07) is 40.6. The number of hydrogen-bond acceptors (Lipinski definition) is 9. The van der Waals surface area contributed by atoms with Crippen molar-refractivity contribution in [3.05, 3.63) is 147 Å². The Labute approximate surface area is 339 Å². The van der Waals surface area contributed by atoms with Gasteiger partial charge in [0, 0.05) is 11.6 Å². The van der Waals surface area contributed by atoms with Crippen LogP contribution in [0.3, 0.4) is 0 Å². The van der Waals surface area contributed by atoms with Crippen LogP contribution < -0.4 is 46.5 Å². The van der Waals surface area contributed by atoms with Gasteiger partial charge in [-0.1, -0.05) is 78.9 Å². The second kappa shape index (κ2) is 13.0. The number of rotatable bonds is 7. The van der Waals surface area contributed by atoms with E-state index in [0.29, 0.717) is 11.5 Å². The average molecular weight is 810 g/mol. The van der Waals surface area contributed by atoms with E-state index in [-0.39, 0.29) is 0 Å². The van der Waals surface area contributed by atoms with E-state index < -0.39 is 25.2 Å². The first-order valence-corrected chi connectivity index (χ1v) is 28.3. The molecule has 286 valence electrons. The minimum absolute atomic E-state index is 0.702. The first kappa shape index (κ1) is 36.3. The fraction of sp³-hybridized carbons (Fsp3) is 0.174. The van der Waals surface area contributed by atoms with Crippen LogP contribution in [0.25, 0.3) is 43.8 Å². The van der Waals surface area contributed by atoms with E-state index in [1.807, 2.05) is 24.3 Å². The molecule has 0 aliphatic carbocycles. The SMILES string of the molecule is COc1cc(N(c2ccc(OC)c3c2=N[Si](C)(C)N=3)c2ccc(-c3c4ccccc4cc4ccccc34)c3c2=N[Si](C)(C)N=3)c2c(c1-c1ccccc1)=N[Si](C)(C)N=2. The Morgan fingerprint density at radius 2 is 0.897 bits per heavy atom. The lowest BCUT2D eigenvalue weighted by atomic mass is 9.91. The van der Waals surface area contributed by atoms with Crippen molar-refractivity contribution in [2.75, 3.05) is 19.1 Å². The van der Waals surface area contributed by atoms with Crippen LogP contribution in [0, 0.1) is 0 Å². The molecular weight excluding hydrogens is 767 g/mol. The summed E-state index contributed by atoms with van der Waals surface area (Å²) in [6.07, 6.45) is 0. The van der Waals surface area contributed by atoms with Crippen molar-refractivity contribution >= 4 is 63.8 Å². The van der Waals surface area contributed by atoms with Crippen LogP contribution in [0.2, 0.25) is 39.3 Å². The highest BCUT2D eigenvalue weighted by Gasteiger charge is 2.34. The molecule has 0 radical (unpaired) electrons. The van der Waals surface area contributed by atoms with Gasteiger partial charge in [-0.15, -0.1) is 0 Å². The van der Waals surface area contributed by atoms with Gasteiger partial charge in [0.05, 0.1) is 58.3 Å². The summed E-state index contributed by atoms with van der Waals surface area (Å²) < 4.78 is 44.8. The Bertz CT molecular complexity index is 3260. The van der Waals surface area contributed by atoms with Crippen LogP contribution in [-0.2, 0) is 0 Å².